The quantitative estimate of drug-likeness (QED) is 0.510. The first kappa shape index (κ1) is 18.8. The van der Waals surface area contributed by atoms with Crippen LogP contribution in [-0.4, -0.2) is 25.2 Å². The van der Waals surface area contributed by atoms with Crippen molar-refractivity contribution < 1.29 is 9.18 Å². The van der Waals surface area contributed by atoms with Crippen molar-refractivity contribution in [3.05, 3.63) is 90.0 Å². The number of hydrogen-bond acceptors (Lipinski definition) is 3. The zero-order valence-corrected chi connectivity index (χ0v) is 16.3. The number of hydrogen-bond donors (Lipinski definition) is 0. The molecule has 146 valence electrons. The van der Waals surface area contributed by atoms with Gasteiger partial charge in [-0.2, -0.15) is 0 Å². The average Bonchev–Trinajstić information content (AvgIpc) is 3.35. The summed E-state index contributed by atoms with van der Waals surface area (Å²) in [5.74, 6) is -0.429. The van der Waals surface area contributed by atoms with E-state index >= 15 is 0 Å². The highest BCUT2D eigenvalue weighted by Gasteiger charge is 2.28. The van der Waals surface area contributed by atoms with E-state index in [-0.39, 0.29) is 18.3 Å². The van der Waals surface area contributed by atoms with Crippen LogP contribution in [0.3, 0.4) is 0 Å². The van der Waals surface area contributed by atoms with Gasteiger partial charge in [0.2, 0.25) is 0 Å². The molecule has 0 radical (unpaired) electrons. The van der Waals surface area contributed by atoms with E-state index in [1.807, 2.05) is 42.6 Å². The van der Waals surface area contributed by atoms with Crippen LogP contribution in [-0.2, 0) is 13.1 Å². The van der Waals surface area contributed by atoms with E-state index in [0.29, 0.717) is 17.7 Å². The van der Waals surface area contributed by atoms with Gasteiger partial charge in [-0.15, -0.1) is 0 Å². The molecule has 0 saturated carbocycles. The number of fused-ring (bicyclic) bond motifs is 2. The maximum absolute atomic E-state index is 14.7. The highest BCUT2D eigenvalue weighted by molar-refractivity contribution is 5.97. The highest BCUT2D eigenvalue weighted by Crippen LogP contribution is 2.26. The number of benzene rings is 1. The van der Waals surface area contributed by atoms with Gasteiger partial charge in [0, 0.05) is 24.5 Å². The first-order valence-electron chi connectivity index (χ1n) is 9.63. The molecule has 0 N–H and O–H groups in total. The number of amides is 1. The Morgan fingerprint density at radius 2 is 1.93 bits per heavy atom. The summed E-state index contributed by atoms with van der Waals surface area (Å²) in [5, 5.41) is 0. The number of pyridine rings is 2. The van der Waals surface area contributed by atoms with Crippen LogP contribution in [0.25, 0.3) is 16.6 Å². The van der Waals surface area contributed by atoms with E-state index in [4.69, 9.17) is 0 Å². The van der Waals surface area contributed by atoms with Gasteiger partial charge in [-0.1, -0.05) is 32.0 Å². The van der Waals surface area contributed by atoms with Gasteiger partial charge in [-0.25, -0.2) is 9.37 Å². The van der Waals surface area contributed by atoms with Gasteiger partial charge in [0.25, 0.3) is 5.91 Å². The third-order valence-corrected chi connectivity index (χ3v) is 4.90. The second kappa shape index (κ2) is 7.83. The Morgan fingerprint density at radius 1 is 1.10 bits per heavy atom. The monoisotopic (exact) mass is 388 g/mol. The lowest BCUT2D eigenvalue weighted by atomic mass is 10.0. The molecule has 0 fully saturated rings. The maximum Gasteiger partial charge on any atom is 0.256 e. The van der Waals surface area contributed by atoms with Gasteiger partial charge < -0.3 is 9.30 Å². The highest BCUT2D eigenvalue weighted by atomic mass is 19.1. The van der Waals surface area contributed by atoms with Crippen LogP contribution in [0.15, 0.2) is 67.4 Å². The topological polar surface area (TPSA) is 50.5 Å². The molecule has 1 aliphatic rings. The number of aromatic nitrogens is 3. The van der Waals surface area contributed by atoms with Crippen molar-refractivity contribution in [2.45, 2.75) is 26.9 Å². The van der Waals surface area contributed by atoms with Gasteiger partial charge >= 0.3 is 0 Å². The Labute approximate surface area is 168 Å². The van der Waals surface area contributed by atoms with Gasteiger partial charge in [0.05, 0.1) is 35.8 Å². The standard InChI is InChI=1S/C21H15FN4O.C2H6/c22-19-8-14(15-5-6-17-9-23-13-26(17)10-15)3-4-16(19)11-25-12-20-18(21(25)27)2-1-7-24-20;1-2/h1-10,13H,11-12H2;1-2H3. The van der Waals surface area contributed by atoms with Gasteiger partial charge in [-0.3, -0.25) is 9.78 Å². The summed E-state index contributed by atoms with van der Waals surface area (Å²) in [6.45, 7) is 4.63. The van der Waals surface area contributed by atoms with Gasteiger partial charge in [-0.05, 0) is 35.4 Å². The van der Waals surface area contributed by atoms with Crippen LogP contribution < -0.4 is 0 Å². The van der Waals surface area contributed by atoms with Crippen molar-refractivity contribution in [1.29, 1.82) is 0 Å². The third-order valence-electron chi connectivity index (χ3n) is 4.90. The molecule has 1 amide bonds. The molecule has 1 aliphatic heterocycles. The second-order valence-corrected chi connectivity index (χ2v) is 6.61. The SMILES string of the molecule is CC.O=C1c2cccnc2CN1Cc1ccc(-c2ccc3cncn3c2)cc1F. The third kappa shape index (κ3) is 3.49. The minimum absolute atomic E-state index is 0.105. The molecule has 0 aliphatic carbocycles. The summed E-state index contributed by atoms with van der Waals surface area (Å²) >= 11 is 0. The Morgan fingerprint density at radius 3 is 2.72 bits per heavy atom. The minimum atomic E-state index is -0.324. The Balaban J connectivity index is 0.000000994. The fourth-order valence-corrected chi connectivity index (χ4v) is 3.46. The molecular weight excluding hydrogens is 367 g/mol. The molecule has 4 heterocycles. The number of halogens is 1. The van der Waals surface area contributed by atoms with E-state index in [2.05, 4.69) is 9.97 Å². The molecule has 5 rings (SSSR count). The van der Waals surface area contributed by atoms with Crippen molar-refractivity contribution >= 4 is 11.4 Å². The Hall–Kier alpha value is -3.54. The molecule has 29 heavy (non-hydrogen) atoms. The number of carbonyl (C=O) groups excluding carboxylic acids is 1. The van der Waals surface area contributed by atoms with Crippen LogP contribution in [0.4, 0.5) is 4.39 Å². The summed E-state index contributed by atoms with van der Waals surface area (Å²) in [4.78, 5) is 22.4. The van der Waals surface area contributed by atoms with Crippen molar-refractivity contribution in [3.8, 4) is 11.1 Å². The lowest BCUT2D eigenvalue weighted by Gasteiger charge is -2.16. The van der Waals surface area contributed by atoms with Crippen LogP contribution >= 0.6 is 0 Å². The minimum Gasteiger partial charge on any atom is -0.328 e. The molecule has 0 spiro atoms. The molecule has 0 saturated heterocycles. The fourth-order valence-electron chi connectivity index (χ4n) is 3.46. The van der Waals surface area contributed by atoms with Crippen LogP contribution in [0.5, 0.6) is 0 Å². The Bertz CT molecular complexity index is 1180. The zero-order valence-electron chi connectivity index (χ0n) is 16.3. The lowest BCUT2D eigenvalue weighted by Crippen LogP contribution is -2.23. The number of nitrogens with zero attached hydrogens (tertiary/aromatic N) is 4. The average molecular weight is 388 g/mol. The van der Waals surface area contributed by atoms with Crippen molar-refractivity contribution in [2.75, 3.05) is 0 Å². The molecule has 3 aromatic heterocycles. The first-order chi connectivity index (χ1) is 14.2. The van der Waals surface area contributed by atoms with Crippen molar-refractivity contribution in [2.24, 2.45) is 0 Å². The molecule has 0 unspecified atom stereocenters. The largest absolute Gasteiger partial charge is 0.328 e. The molecule has 4 aromatic rings. The molecule has 1 aromatic carbocycles. The molecular formula is C23H21FN4O. The van der Waals surface area contributed by atoms with Crippen LogP contribution in [0, 0.1) is 5.82 Å². The number of carbonyl (C=O) groups is 1. The summed E-state index contributed by atoms with van der Waals surface area (Å²) < 4.78 is 16.6. The molecule has 0 bridgehead atoms. The predicted octanol–water partition coefficient (Wildman–Crippen LogP) is 4.72. The normalized spacial score (nSPS) is 12.7. The van der Waals surface area contributed by atoms with E-state index in [1.165, 1.54) is 6.07 Å². The molecule has 5 nitrogen and oxygen atoms in total. The van der Waals surface area contributed by atoms with Crippen molar-refractivity contribution in [1.82, 2.24) is 19.3 Å². The first-order valence-corrected chi connectivity index (χ1v) is 9.63. The lowest BCUT2D eigenvalue weighted by molar-refractivity contribution is 0.0765. The summed E-state index contributed by atoms with van der Waals surface area (Å²) in [7, 11) is 0. The predicted molar refractivity (Wildman–Crippen MR) is 110 cm³/mol. The summed E-state index contributed by atoms with van der Waals surface area (Å²) in [5.41, 5.74) is 4.50. The van der Waals surface area contributed by atoms with Gasteiger partial charge in [0.15, 0.2) is 0 Å². The zero-order chi connectivity index (χ0) is 20.4. The van der Waals surface area contributed by atoms with Crippen LogP contribution in [0.2, 0.25) is 0 Å². The van der Waals surface area contributed by atoms with E-state index in [0.717, 1.165) is 22.3 Å². The maximum atomic E-state index is 14.7. The Kier molecular flexibility index (Phi) is 5.08. The number of imidazole rings is 1. The summed E-state index contributed by atoms with van der Waals surface area (Å²) in [6.07, 6.45) is 7.08. The number of rotatable bonds is 3. The summed E-state index contributed by atoms with van der Waals surface area (Å²) in [6, 6.07) is 12.5. The van der Waals surface area contributed by atoms with E-state index < -0.39 is 0 Å². The van der Waals surface area contributed by atoms with E-state index in [1.54, 1.807) is 41.8 Å². The second-order valence-electron chi connectivity index (χ2n) is 6.61. The van der Waals surface area contributed by atoms with Gasteiger partial charge in [0.1, 0.15) is 5.82 Å². The smallest absolute Gasteiger partial charge is 0.256 e. The van der Waals surface area contributed by atoms with Crippen molar-refractivity contribution in [3.63, 3.8) is 0 Å². The molecule has 6 heteroatoms. The fraction of sp³-hybridized carbons (Fsp3) is 0.174. The van der Waals surface area contributed by atoms with E-state index in [9.17, 15) is 9.18 Å². The van der Waals surface area contributed by atoms with Crippen LogP contribution in [0.1, 0.15) is 35.5 Å². The molecule has 0 atom stereocenters.